The molecular weight excluding hydrogens is 410 g/mol. The molecule has 4 rings (SSSR count). The van der Waals surface area contributed by atoms with Gasteiger partial charge in [-0.15, -0.1) is 11.3 Å². The van der Waals surface area contributed by atoms with E-state index in [1.165, 1.54) is 0 Å². The number of carbonyl (C=O) groups excluding carboxylic acids is 1. The zero-order valence-electron chi connectivity index (χ0n) is 18.5. The second-order valence-electron chi connectivity index (χ2n) is 8.62. The van der Waals surface area contributed by atoms with E-state index >= 15 is 0 Å². The molecule has 1 aliphatic heterocycles. The number of rotatable bonds is 8. The van der Waals surface area contributed by atoms with Crippen LogP contribution in [-0.4, -0.2) is 43.1 Å². The third-order valence-electron chi connectivity index (χ3n) is 6.67. The van der Waals surface area contributed by atoms with Crippen molar-refractivity contribution in [1.82, 2.24) is 15.2 Å². The van der Waals surface area contributed by atoms with Crippen molar-refractivity contribution in [2.24, 2.45) is 11.8 Å². The summed E-state index contributed by atoms with van der Waals surface area (Å²) >= 11 is 1.64. The van der Waals surface area contributed by atoms with Crippen LogP contribution >= 0.6 is 11.3 Å². The number of aromatic nitrogens is 1. The molecule has 1 saturated carbocycles. The highest BCUT2D eigenvalue weighted by atomic mass is 32.1. The van der Waals surface area contributed by atoms with E-state index in [2.05, 4.69) is 15.2 Å². The third-order valence-corrected chi connectivity index (χ3v) is 7.52. The van der Waals surface area contributed by atoms with Gasteiger partial charge < -0.3 is 14.8 Å². The molecule has 2 aliphatic rings. The number of nitrogens with zero attached hydrogens (tertiary/aromatic N) is 2. The molecule has 1 saturated heterocycles. The predicted octanol–water partition coefficient (Wildman–Crippen LogP) is 4.42. The first-order valence-corrected chi connectivity index (χ1v) is 12.2. The molecule has 2 heterocycles. The lowest BCUT2D eigenvalue weighted by Gasteiger charge is -2.37. The van der Waals surface area contributed by atoms with Crippen LogP contribution in [0.2, 0.25) is 0 Å². The van der Waals surface area contributed by atoms with Gasteiger partial charge in [0.1, 0.15) is 16.5 Å². The standard InChI is InChI=1S/C24H33N3O3S/c1-29-20-10-5-11-21(30-2)19(20)16-27-13-6-9-18(15-27)22(24-25-12-14-31-24)26-23(28)17-7-3-4-8-17/h5,10-12,14,17-18,22H,3-4,6-9,13,15-16H2,1-2H3,(H,26,28)/t18-,22-/m1/s1. The summed E-state index contributed by atoms with van der Waals surface area (Å²) in [7, 11) is 3.41. The van der Waals surface area contributed by atoms with Gasteiger partial charge in [0, 0.05) is 30.6 Å². The number of methoxy groups -OCH3 is 2. The largest absolute Gasteiger partial charge is 0.496 e. The number of benzene rings is 1. The lowest BCUT2D eigenvalue weighted by atomic mass is 9.90. The Bertz CT molecular complexity index is 830. The first-order valence-electron chi connectivity index (χ1n) is 11.3. The maximum atomic E-state index is 13.0. The Hall–Kier alpha value is -2.12. The van der Waals surface area contributed by atoms with Crippen molar-refractivity contribution < 1.29 is 14.3 Å². The molecule has 0 unspecified atom stereocenters. The minimum absolute atomic E-state index is 0.0181. The Balaban J connectivity index is 1.49. The highest BCUT2D eigenvalue weighted by Crippen LogP contribution is 2.35. The average Bonchev–Trinajstić information content (AvgIpc) is 3.52. The van der Waals surface area contributed by atoms with Gasteiger partial charge in [-0.3, -0.25) is 9.69 Å². The van der Waals surface area contributed by atoms with Crippen molar-refractivity contribution in [3.63, 3.8) is 0 Å². The average molecular weight is 444 g/mol. The fraction of sp³-hybridized carbons (Fsp3) is 0.583. The van der Waals surface area contributed by atoms with Crippen LogP contribution in [0.4, 0.5) is 0 Å². The lowest BCUT2D eigenvalue weighted by Crippen LogP contribution is -2.44. The molecular formula is C24H33N3O3S. The summed E-state index contributed by atoms with van der Waals surface area (Å²) in [5, 5.41) is 6.42. The van der Waals surface area contributed by atoms with Gasteiger partial charge in [-0.05, 0) is 50.3 Å². The van der Waals surface area contributed by atoms with E-state index in [9.17, 15) is 4.79 Å². The van der Waals surface area contributed by atoms with Crippen molar-refractivity contribution in [2.75, 3.05) is 27.3 Å². The summed E-state index contributed by atoms with van der Waals surface area (Å²) in [4.78, 5) is 20.0. The zero-order valence-corrected chi connectivity index (χ0v) is 19.3. The van der Waals surface area contributed by atoms with E-state index in [0.717, 1.165) is 80.2 Å². The summed E-state index contributed by atoms with van der Waals surface area (Å²) in [5.41, 5.74) is 1.08. The van der Waals surface area contributed by atoms with Gasteiger partial charge in [-0.1, -0.05) is 18.9 Å². The third kappa shape index (κ3) is 5.21. The SMILES string of the molecule is COc1cccc(OC)c1CN1CCC[C@@H]([C@@H](NC(=O)C2CCCC2)c2nccs2)C1. The van der Waals surface area contributed by atoms with E-state index in [1.54, 1.807) is 25.6 Å². The van der Waals surface area contributed by atoms with Crippen molar-refractivity contribution in [2.45, 2.75) is 51.1 Å². The maximum absolute atomic E-state index is 13.0. The van der Waals surface area contributed by atoms with Gasteiger partial charge in [-0.25, -0.2) is 4.98 Å². The Morgan fingerprint density at radius 1 is 1.19 bits per heavy atom. The molecule has 1 amide bonds. The van der Waals surface area contributed by atoms with Gasteiger partial charge in [0.15, 0.2) is 0 Å². The number of piperidine rings is 1. The molecule has 31 heavy (non-hydrogen) atoms. The zero-order chi connectivity index (χ0) is 21.6. The minimum atomic E-state index is -0.0181. The summed E-state index contributed by atoms with van der Waals surface area (Å²) in [6, 6.07) is 5.91. The van der Waals surface area contributed by atoms with Gasteiger partial charge in [0.25, 0.3) is 0 Å². The smallest absolute Gasteiger partial charge is 0.223 e. The van der Waals surface area contributed by atoms with Crippen LogP contribution in [0, 0.1) is 11.8 Å². The number of hydrogen-bond acceptors (Lipinski definition) is 6. The highest BCUT2D eigenvalue weighted by molar-refractivity contribution is 7.09. The van der Waals surface area contributed by atoms with Crippen LogP contribution in [0.3, 0.4) is 0 Å². The minimum Gasteiger partial charge on any atom is -0.496 e. The predicted molar refractivity (Wildman–Crippen MR) is 123 cm³/mol. The van der Waals surface area contributed by atoms with Crippen molar-refractivity contribution in [3.8, 4) is 11.5 Å². The Kier molecular flexibility index (Phi) is 7.45. The van der Waals surface area contributed by atoms with Crippen LogP contribution in [-0.2, 0) is 11.3 Å². The van der Waals surface area contributed by atoms with Crippen molar-refractivity contribution >= 4 is 17.2 Å². The first-order chi connectivity index (χ1) is 15.2. The topological polar surface area (TPSA) is 63.7 Å². The molecule has 168 valence electrons. The van der Waals surface area contributed by atoms with Gasteiger partial charge in [-0.2, -0.15) is 0 Å². The second kappa shape index (κ2) is 10.5. The van der Waals surface area contributed by atoms with Crippen molar-refractivity contribution in [1.29, 1.82) is 0 Å². The molecule has 6 nitrogen and oxygen atoms in total. The maximum Gasteiger partial charge on any atom is 0.223 e. The molecule has 2 fully saturated rings. The second-order valence-corrected chi connectivity index (χ2v) is 9.54. The first kappa shape index (κ1) is 22.1. The van der Waals surface area contributed by atoms with E-state index in [1.807, 2.05) is 29.8 Å². The Morgan fingerprint density at radius 2 is 1.94 bits per heavy atom. The normalized spacial score (nSPS) is 21.0. The molecule has 0 radical (unpaired) electrons. The van der Waals surface area contributed by atoms with Crippen LogP contribution in [0.25, 0.3) is 0 Å². The van der Waals surface area contributed by atoms with Crippen molar-refractivity contribution in [3.05, 3.63) is 40.3 Å². The summed E-state index contributed by atoms with van der Waals surface area (Å²) in [6.45, 7) is 2.71. The van der Waals surface area contributed by atoms with E-state index in [0.29, 0.717) is 5.92 Å². The highest BCUT2D eigenvalue weighted by Gasteiger charge is 2.33. The number of thiazole rings is 1. The fourth-order valence-corrected chi connectivity index (χ4v) is 5.82. The molecule has 0 bridgehead atoms. The number of ether oxygens (including phenoxy) is 2. The van der Waals surface area contributed by atoms with Gasteiger partial charge >= 0.3 is 0 Å². The van der Waals surface area contributed by atoms with Crippen LogP contribution in [0.5, 0.6) is 11.5 Å². The van der Waals surface area contributed by atoms with Crippen LogP contribution in [0.15, 0.2) is 29.8 Å². The number of amides is 1. The monoisotopic (exact) mass is 443 g/mol. The van der Waals surface area contributed by atoms with Gasteiger partial charge in [0.2, 0.25) is 5.91 Å². The Labute approximate surface area is 189 Å². The van der Waals surface area contributed by atoms with Gasteiger partial charge in [0.05, 0.1) is 25.8 Å². The number of carbonyl (C=O) groups is 1. The molecule has 2 atom stereocenters. The number of nitrogens with one attached hydrogen (secondary N) is 1. The summed E-state index contributed by atoms with van der Waals surface area (Å²) in [6.07, 6.45) is 8.39. The summed E-state index contributed by atoms with van der Waals surface area (Å²) < 4.78 is 11.2. The van der Waals surface area contributed by atoms with Crippen LogP contribution < -0.4 is 14.8 Å². The number of likely N-dealkylation sites (tertiary alicyclic amines) is 1. The molecule has 1 aromatic carbocycles. The number of hydrogen-bond donors (Lipinski definition) is 1. The van der Waals surface area contributed by atoms with E-state index < -0.39 is 0 Å². The molecule has 7 heteroatoms. The fourth-order valence-electron chi connectivity index (χ4n) is 5.04. The summed E-state index contributed by atoms with van der Waals surface area (Å²) in [5.74, 6) is 2.42. The quantitative estimate of drug-likeness (QED) is 0.654. The van der Waals surface area contributed by atoms with E-state index in [-0.39, 0.29) is 17.9 Å². The molecule has 0 spiro atoms. The molecule has 1 aliphatic carbocycles. The molecule has 1 aromatic heterocycles. The Morgan fingerprint density at radius 3 is 2.58 bits per heavy atom. The lowest BCUT2D eigenvalue weighted by molar-refractivity contribution is -0.126. The van der Waals surface area contributed by atoms with E-state index in [4.69, 9.17) is 9.47 Å². The molecule has 2 aromatic rings. The van der Waals surface area contributed by atoms with Crippen LogP contribution in [0.1, 0.15) is 55.1 Å². The molecule has 1 N–H and O–H groups in total.